The van der Waals surface area contributed by atoms with Crippen LogP contribution in [0.1, 0.15) is 34.1 Å². The summed E-state index contributed by atoms with van der Waals surface area (Å²) in [5, 5.41) is 27.6. The van der Waals surface area contributed by atoms with Gasteiger partial charge in [-0.3, -0.25) is 0 Å². The van der Waals surface area contributed by atoms with E-state index in [-0.39, 0.29) is 5.41 Å². The Labute approximate surface area is 97.6 Å². The smallest absolute Gasteiger partial charge is 0.163 e. The molecule has 0 bridgehead atoms. The molecule has 0 radical (unpaired) electrons. The molecule has 1 atom stereocenters. The Morgan fingerprint density at radius 3 is 1.88 bits per heavy atom. The fourth-order valence-electron chi connectivity index (χ4n) is 1.71. The monoisotopic (exact) mass is 215 g/mol. The molecule has 0 aromatic carbocycles. The summed E-state index contributed by atoms with van der Waals surface area (Å²) in [4.78, 5) is 0. The Bertz CT molecular complexity index is 365. The first kappa shape index (κ1) is 14.2. The van der Waals surface area contributed by atoms with Crippen LogP contribution in [0.4, 0.5) is 0 Å². The van der Waals surface area contributed by atoms with Gasteiger partial charge in [0, 0.05) is 0 Å². The largest absolute Gasteiger partial charge is 0.198 e. The Morgan fingerprint density at radius 2 is 1.62 bits per heavy atom. The Hall–Kier alpha value is -1.79. The number of nitriles is 3. The Morgan fingerprint density at radius 1 is 1.12 bits per heavy atom. The number of hydrogen-bond donors (Lipinski definition) is 0. The molecule has 3 nitrogen and oxygen atoms in total. The summed E-state index contributed by atoms with van der Waals surface area (Å²) < 4.78 is 0. The fourth-order valence-corrected chi connectivity index (χ4v) is 1.71. The number of rotatable bonds is 3. The van der Waals surface area contributed by atoms with Crippen LogP contribution in [0.15, 0.2) is 12.2 Å². The van der Waals surface area contributed by atoms with Gasteiger partial charge in [-0.2, -0.15) is 15.8 Å². The summed E-state index contributed by atoms with van der Waals surface area (Å²) >= 11 is 0. The third-order valence-corrected chi connectivity index (χ3v) is 2.56. The molecule has 16 heavy (non-hydrogen) atoms. The zero-order valence-electron chi connectivity index (χ0n) is 10.3. The lowest BCUT2D eigenvalue weighted by atomic mass is 9.64. The summed E-state index contributed by atoms with van der Waals surface area (Å²) in [6, 6.07) is 6.16. The molecule has 84 valence electrons. The van der Waals surface area contributed by atoms with E-state index in [1.807, 2.05) is 39.8 Å². The molecule has 0 saturated carbocycles. The van der Waals surface area contributed by atoms with Crippen LogP contribution < -0.4 is 0 Å². The minimum Gasteiger partial charge on any atom is -0.198 e. The van der Waals surface area contributed by atoms with E-state index in [9.17, 15) is 15.8 Å². The zero-order valence-corrected chi connectivity index (χ0v) is 10.3. The van der Waals surface area contributed by atoms with Gasteiger partial charge in [-0.05, 0) is 18.8 Å². The Balaban J connectivity index is 5.46. The summed E-state index contributed by atoms with van der Waals surface area (Å²) in [5.41, 5.74) is -1.64. The highest BCUT2D eigenvalue weighted by Gasteiger charge is 2.45. The molecule has 0 fully saturated rings. The topological polar surface area (TPSA) is 71.4 Å². The van der Waals surface area contributed by atoms with Gasteiger partial charge in [0.25, 0.3) is 0 Å². The van der Waals surface area contributed by atoms with Gasteiger partial charge >= 0.3 is 0 Å². The highest BCUT2D eigenvalue weighted by Crippen LogP contribution is 2.42. The van der Waals surface area contributed by atoms with Crippen molar-refractivity contribution in [3.8, 4) is 18.2 Å². The van der Waals surface area contributed by atoms with Gasteiger partial charge in [-0.1, -0.05) is 32.9 Å². The molecule has 3 heteroatoms. The van der Waals surface area contributed by atoms with Crippen LogP contribution in [0.3, 0.4) is 0 Å². The molecule has 0 saturated heterocycles. The van der Waals surface area contributed by atoms with Crippen molar-refractivity contribution in [2.24, 2.45) is 16.7 Å². The van der Waals surface area contributed by atoms with Crippen LogP contribution in [0, 0.1) is 50.7 Å². The highest BCUT2D eigenvalue weighted by molar-refractivity contribution is 5.24. The summed E-state index contributed by atoms with van der Waals surface area (Å²) in [6.07, 6.45) is 3.86. The first-order valence-corrected chi connectivity index (χ1v) is 5.21. The molecule has 0 heterocycles. The van der Waals surface area contributed by atoms with Crippen molar-refractivity contribution < 1.29 is 0 Å². The van der Waals surface area contributed by atoms with Gasteiger partial charge in [0.05, 0.1) is 24.1 Å². The van der Waals surface area contributed by atoms with Gasteiger partial charge in [-0.15, -0.1) is 0 Å². The van der Waals surface area contributed by atoms with Crippen LogP contribution in [0.2, 0.25) is 0 Å². The minimum absolute atomic E-state index is 0.298. The zero-order chi connectivity index (χ0) is 12.8. The second-order valence-electron chi connectivity index (χ2n) is 4.90. The van der Waals surface area contributed by atoms with Crippen molar-refractivity contribution in [1.82, 2.24) is 0 Å². The van der Waals surface area contributed by atoms with Crippen LogP contribution in [-0.2, 0) is 0 Å². The van der Waals surface area contributed by atoms with E-state index in [1.165, 1.54) is 0 Å². The summed E-state index contributed by atoms with van der Waals surface area (Å²) in [6.45, 7) is 7.46. The molecule has 0 aliphatic heterocycles. The van der Waals surface area contributed by atoms with Crippen molar-refractivity contribution in [2.45, 2.75) is 34.1 Å². The normalized spacial score (nSPS) is 13.8. The lowest BCUT2D eigenvalue weighted by molar-refractivity contribution is 0.202. The molecule has 0 N–H and O–H groups in total. The van der Waals surface area contributed by atoms with E-state index in [1.54, 1.807) is 12.2 Å². The third kappa shape index (κ3) is 2.85. The lowest BCUT2D eigenvalue weighted by Crippen LogP contribution is -2.35. The molecule has 1 unspecified atom stereocenters. The van der Waals surface area contributed by atoms with Gasteiger partial charge in [0.2, 0.25) is 0 Å². The molecule has 0 aliphatic rings. The van der Waals surface area contributed by atoms with Crippen LogP contribution >= 0.6 is 0 Å². The molecule has 0 amide bonds. The van der Waals surface area contributed by atoms with Crippen molar-refractivity contribution in [1.29, 1.82) is 15.8 Å². The maximum absolute atomic E-state index is 9.21. The maximum atomic E-state index is 9.21. The highest BCUT2D eigenvalue weighted by atomic mass is 14.5. The van der Waals surface area contributed by atoms with E-state index in [0.29, 0.717) is 6.42 Å². The second-order valence-corrected chi connectivity index (χ2v) is 4.90. The van der Waals surface area contributed by atoms with Crippen molar-refractivity contribution in [3.63, 3.8) is 0 Å². The molecule has 0 aromatic heterocycles. The fraction of sp³-hybridized carbons (Fsp3) is 0.615. The van der Waals surface area contributed by atoms with Crippen LogP contribution in [0.5, 0.6) is 0 Å². The van der Waals surface area contributed by atoms with Crippen molar-refractivity contribution >= 4 is 0 Å². The van der Waals surface area contributed by atoms with Gasteiger partial charge in [0.1, 0.15) is 0 Å². The molecular formula is C13H17N3. The summed E-state index contributed by atoms with van der Waals surface area (Å²) in [7, 11) is 0. The van der Waals surface area contributed by atoms with Gasteiger partial charge in [-0.25, -0.2) is 0 Å². The van der Waals surface area contributed by atoms with E-state index < -0.39 is 11.3 Å². The average molecular weight is 215 g/mol. The van der Waals surface area contributed by atoms with E-state index >= 15 is 0 Å². The summed E-state index contributed by atoms with van der Waals surface area (Å²) in [5.74, 6) is -0.605. The predicted octanol–water partition coefficient (Wildman–Crippen LogP) is 3.17. The molecule has 0 rings (SSSR count). The SMILES string of the molecule is C/C=C/CC(C#N)(C#N)C(C#N)C(C)(C)C. The quantitative estimate of drug-likeness (QED) is 0.679. The number of nitrogens with zero attached hydrogens (tertiary/aromatic N) is 3. The number of allylic oxidation sites excluding steroid dienone is 2. The first-order valence-electron chi connectivity index (χ1n) is 5.21. The maximum Gasteiger partial charge on any atom is 0.163 e. The van der Waals surface area contributed by atoms with Crippen molar-refractivity contribution in [3.05, 3.63) is 12.2 Å². The van der Waals surface area contributed by atoms with Gasteiger partial charge < -0.3 is 0 Å². The van der Waals surface area contributed by atoms with Gasteiger partial charge in [0.15, 0.2) is 5.41 Å². The second kappa shape index (κ2) is 5.34. The standard InChI is InChI=1S/C13H17N3/c1-5-6-7-13(9-15,10-16)11(8-14)12(2,3)4/h5-6,11H,7H2,1-4H3/b6-5+. The molecule has 0 spiro atoms. The van der Waals surface area contributed by atoms with Crippen LogP contribution in [-0.4, -0.2) is 0 Å². The minimum atomic E-state index is -1.25. The first-order chi connectivity index (χ1) is 7.37. The lowest BCUT2D eigenvalue weighted by Gasteiger charge is -2.33. The predicted molar refractivity (Wildman–Crippen MR) is 61.6 cm³/mol. The van der Waals surface area contributed by atoms with Crippen molar-refractivity contribution in [2.75, 3.05) is 0 Å². The van der Waals surface area contributed by atoms with E-state index in [2.05, 4.69) is 6.07 Å². The molecular weight excluding hydrogens is 198 g/mol. The van der Waals surface area contributed by atoms with E-state index in [0.717, 1.165) is 0 Å². The average Bonchev–Trinajstić information content (AvgIpc) is 2.22. The molecule has 0 aromatic rings. The third-order valence-electron chi connectivity index (χ3n) is 2.56. The molecule has 0 aliphatic carbocycles. The number of hydrogen-bond acceptors (Lipinski definition) is 3. The van der Waals surface area contributed by atoms with Crippen LogP contribution in [0.25, 0.3) is 0 Å². The van der Waals surface area contributed by atoms with E-state index in [4.69, 9.17) is 0 Å². The Kier molecular flexibility index (Phi) is 4.74.